The van der Waals surface area contributed by atoms with Gasteiger partial charge in [-0.15, -0.1) is 0 Å². The molecule has 0 saturated heterocycles. The summed E-state index contributed by atoms with van der Waals surface area (Å²) in [5.41, 5.74) is 0.574. The van der Waals surface area contributed by atoms with Crippen LogP contribution in [0.3, 0.4) is 0 Å². The molecule has 0 spiro atoms. The molecule has 0 amide bonds. The fourth-order valence-corrected chi connectivity index (χ4v) is 3.19. The normalized spacial score (nSPS) is 18.0. The van der Waals surface area contributed by atoms with Gasteiger partial charge in [0, 0.05) is 11.2 Å². The molecule has 2 aromatic heterocycles. The Morgan fingerprint density at radius 1 is 1.47 bits per heavy atom. The number of hydrogen-bond acceptors (Lipinski definition) is 6. The summed E-state index contributed by atoms with van der Waals surface area (Å²) in [6.45, 7) is 0. The molecule has 90 valence electrons. The Bertz CT molecular complexity index is 539. The van der Waals surface area contributed by atoms with Crippen LogP contribution in [0.15, 0.2) is 10.7 Å². The lowest BCUT2D eigenvalue weighted by molar-refractivity contribution is 0.117. The minimum absolute atomic E-state index is 0.269. The minimum atomic E-state index is -1.09. The maximum atomic E-state index is 11.4. The standard InChI is InChI=1S/C10H11N3O2S2/c1-17(14)10-13-8-7(16-10)9(12-5-11-8)15-6-3-2-4-6/h5-6H,2-4H2,1H3. The molecule has 1 unspecified atom stereocenters. The molecule has 2 aromatic rings. The molecule has 0 N–H and O–H groups in total. The van der Waals surface area contributed by atoms with Gasteiger partial charge in [0.05, 0.1) is 0 Å². The quantitative estimate of drug-likeness (QED) is 0.794. The van der Waals surface area contributed by atoms with Crippen molar-refractivity contribution < 1.29 is 9.29 Å². The molecule has 1 aliphatic rings. The predicted molar refractivity (Wildman–Crippen MR) is 65.8 cm³/mol. The molecule has 1 aliphatic carbocycles. The van der Waals surface area contributed by atoms with E-state index in [1.165, 1.54) is 24.1 Å². The van der Waals surface area contributed by atoms with Crippen LogP contribution in [0.4, 0.5) is 0 Å². The number of aromatic nitrogens is 3. The first kappa shape index (κ1) is 11.2. The molecule has 1 fully saturated rings. The van der Waals surface area contributed by atoms with Crippen LogP contribution in [0.25, 0.3) is 10.3 Å². The topological polar surface area (TPSA) is 71.0 Å². The zero-order chi connectivity index (χ0) is 11.8. The molecule has 5 nitrogen and oxygen atoms in total. The van der Waals surface area contributed by atoms with Crippen LogP contribution in [0.2, 0.25) is 0 Å². The summed E-state index contributed by atoms with van der Waals surface area (Å²) in [5.74, 6) is 0.578. The first-order valence-electron chi connectivity index (χ1n) is 5.35. The number of fused-ring (bicyclic) bond motifs is 1. The van der Waals surface area contributed by atoms with Gasteiger partial charge < -0.3 is 9.29 Å². The van der Waals surface area contributed by atoms with E-state index in [1.807, 2.05) is 0 Å². The fourth-order valence-electron chi connectivity index (χ4n) is 1.57. The van der Waals surface area contributed by atoms with Gasteiger partial charge in [0.1, 0.15) is 23.4 Å². The average molecular weight is 269 g/mol. The Labute approximate surface area is 105 Å². The van der Waals surface area contributed by atoms with E-state index in [-0.39, 0.29) is 6.10 Å². The van der Waals surface area contributed by atoms with Gasteiger partial charge in [0.15, 0.2) is 5.65 Å². The SMILES string of the molecule is C[S+]([O-])c1nc2ncnc(OC3CCC3)c2s1. The highest BCUT2D eigenvalue weighted by atomic mass is 32.2. The fraction of sp³-hybridized carbons (Fsp3) is 0.500. The van der Waals surface area contributed by atoms with Crippen molar-refractivity contribution in [3.05, 3.63) is 6.33 Å². The third-order valence-electron chi connectivity index (χ3n) is 2.72. The van der Waals surface area contributed by atoms with E-state index in [0.717, 1.165) is 17.5 Å². The molecule has 0 bridgehead atoms. The van der Waals surface area contributed by atoms with Crippen LogP contribution in [0, 0.1) is 0 Å². The second-order valence-corrected chi connectivity index (χ2v) is 6.49. The van der Waals surface area contributed by atoms with E-state index in [4.69, 9.17) is 4.74 Å². The van der Waals surface area contributed by atoms with Crippen molar-refractivity contribution in [3.63, 3.8) is 0 Å². The van der Waals surface area contributed by atoms with Crippen molar-refractivity contribution in [1.29, 1.82) is 0 Å². The van der Waals surface area contributed by atoms with Crippen molar-refractivity contribution in [2.75, 3.05) is 6.26 Å². The van der Waals surface area contributed by atoms with Crippen molar-refractivity contribution in [3.8, 4) is 5.88 Å². The summed E-state index contributed by atoms with van der Waals surface area (Å²) in [4.78, 5) is 12.4. The smallest absolute Gasteiger partial charge is 0.304 e. The third kappa shape index (κ3) is 2.10. The number of hydrogen-bond donors (Lipinski definition) is 0. The average Bonchev–Trinajstić information content (AvgIpc) is 2.67. The lowest BCUT2D eigenvalue weighted by atomic mass is 9.96. The first-order valence-corrected chi connectivity index (χ1v) is 7.73. The Morgan fingerprint density at radius 3 is 2.94 bits per heavy atom. The van der Waals surface area contributed by atoms with Crippen LogP contribution in [0.1, 0.15) is 19.3 Å². The van der Waals surface area contributed by atoms with Gasteiger partial charge in [-0.2, -0.15) is 4.98 Å². The zero-order valence-corrected chi connectivity index (χ0v) is 10.9. The number of nitrogens with zero attached hydrogens (tertiary/aromatic N) is 3. The maximum absolute atomic E-state index is 11.4. The van der Waals surface area contributed by atoms with Crippen molar-refractivity contribution >= 4 is 32.9 Å². The van der Waals surface area contributed by atoms with Crippen LogP contribution < -0.4 is 4.74 Å². The summed E-state index contributed by atoms with van der Waals surface area (Å²) >= 11 is 0.261. The lowest BCUT2D eigenvalue weighted by Gasteiger charge is -2.25. The second kappa shape index (κ2) is 4.40. The van der Waals surface area contributed by atoms with Gasteiger partial charge in [0.25, 0.3) is 0 Å². The summed E-state index contributed by atoms with van der Waals surface area (Å²) in [6.07, 6.45) is 6.70. The van der Waals surface area contributed by atoms with Gasteiger partial charge in [-0.1, -0.05) is 11.3 Å². The van der Waals surface area contributed by atoms with Crippen molar-refractivity contribution in [2.24, 2.45) is 0 Å². The largest absolute Gasteiger partial charge is 0.610 e. The molecule has 0 aromatic carbocycles. The molecule has 0 radical (unpaired) electrons. The molecule has 1 saturated carbocycles. The highest BCUT2D eigenvalue weighted by molar-refractivity contribution is 7.92. The molecule has 7 heteroatoms. The van der Waals surface area contributed by atoms with Gasteiger partial charge in [-0.05, 0) is 19.3 Å². The molecule has 1 atom stereocenters. The summed E-state index contributed by atoms with van der Waals surface area (Å²) < 4.78 is 18.5. The van der Waals surface area contributed by atoms with Crippen LogP contribution in [0.5, 0.6) is 5.88 Å². The molecule has 0 aliphatic heterocycles. The van der Waals surface area contributed by atoms with Crippen molar-refractivity contribution in [2.45, 2.75) is 29.7 Å². The monoisotopic (exact) mass is 269 g/mol. The summed E-state index contributed by atoms with van der Waals surface area (Å²) in [6, 6.07) is 0. The number of thiazole rings is 1. The van der Waals surface area contributed by atoms with E-state index in [1.54, 1.807) is 6.26 Å². The number of ether oxygens (including phenoxy) is 1. The molecule has 3 rings (SSSR count). The van der Waals surface area contributed by atoms with Gasteiger partial charge in [0.2, 0.25) is 5.88 Å². The van der Waals surface area contributed by atoms with Crippen molar-refractivity contribution in [1.82, 2.24) is 15.0 Å². The predicted octanol–water partition coefficient (Wildman–Crippen LogP) is 1.76. The Kier molecular flexibility index (Phi) is 2.89. The Morgan fingerprint density at radius 2 is 2.29 bits per heavy atom. The zero-order valence-electron chi connectivity index (χ0n) is 9.25. The molecule has 17 heavy (non-hydrogen) atoms. The summed E-state index contributed by atoms with van der Waals surface area (Å²) in [7, 11) is 0. The van der Waals surface area contributed by atoms with E-state index in [2.05, 4.69) is 15.0 Å². The van der Waals surface area contributed by atoms with E-state index < -0.39 is 11.2 Å². The Balaban J connectivity index is 1.98. The van der Waals surface area contributed by atoms with E-state index in [9.17, 15) is 4.55 Å². The van der Waals surface area contributed by atoms with Crippen LogP contribution >= 0.6 is 11.3 Å². The highest BCUT2D eigenvalue weighted by Gasteiger charge is 2.23. The lowest BCUT2D eigenvalue weighted by Crippen LogP contribution is -2.25. The minimum Gasteiger partial charge on any atom is -0.610 e. The first-order chi connectivity index (χ1) is 8.24. The van der Waals surface area contributed by atoms with Gasteiger partial charge >= 0.3 is 4.34 Å². The molecular formula is C10H11N3O2S2. The highest BCUT2D eigenvalue weighted by Crippen LogP contribution is 2.33. The molecular weight excluding hydrogens is 258 g/mol. The van der Waals surface area contributed by atoms with E-state index in [0.29, 0.717) is 15.9 Å². The molecule has 2 heterocycles. The summed E-state index contributed by atoms with van der Waals surface area (Å²) in [5, 5.41) is 0. The second-order valence-electron chi connectivity index (χ2n) is 3.94. The number of rotatable bonds is 3. The van der Waals surface area contributed by atoms with Crippen LogP contribution in [-0.2, 0) is 11.2 Å². The van der Waals surface area contributed by atoms with E-state index >= 15 is 0 Å². The van der Waals surface area contributed by atoms with Crippen LogP contribution in [-0.4, -0.2) is 31.9 Å². The van der Waals surface area contributed by atoms with Gasteiger partial charge in [-0.25, -0.2) is 9.97 Å². The third-order valence-corrected chi connectivity index (χ3v) is 5.08. The Hall–Kier alpha value is -0.920. The van der Waals surface area contributed by atoms with Gasteiger partial charge in [-0.3, -0.25) is 0 Å². The maximum Gasteiger partial charge on any atom is 0.304 e.